The quantitative estimate of drug-likeness (QED) is 0.667. The van der Waals surface area contributed by atoms with E-state index in [0.717, 1.165) is 5.69 Å². The average Bonchev–Trinajstić information content (AvgIpc) is 3.15. The van der Waals surface area contributed by atoms with Gasteiger partial charge >= 0.3 is 0 Å². The van der Waals surface area contributed by atoms with Crippen molar-refractivity contribution in [3.8, 4) is 0 Å². The molecular formula is C17H21N3S. The molecule has 3 rings (SSSR count). The molecule has 110 valence electrons. The second-order valence-electron chi connectivity index (χ2n) is 5.65. The van der Waals surface area contributed by atoms with Gasteiger partial charge in [0.15, 0.2) is 5.96 Å². The van der Waals surface area contributed by atoms with Crippen LogP contribution >= 0.6 is 11.3 Å². The number of rotatable bonds is 4. The molecule has 3 N–H and O–H groups in total. The molecule has 1 aliphatic carbocycles. The van der Waals surface area contributed by atoms with Crippen LogP contribution in [-0.4, -0.2) is 12.5 Å². The number of nitrogens with one attached hydrogen (secondary N) is 1. The number of guanidine groups is 1. The highest BCUT2D eigenvalue weighted by atomic mass is 32.1. The maximum absolute atomic E-state index is 5.99. The lowest BCUT2D eigenvalue weighted by Crippen LogP contribution is -2.23. The van der Waals surface area contributed by atoms with E-state index in [1.165, 1.54) is 36.0 Å². The largest absolute Gasteiger partial charge is 0.370 e. The van der Waals surface area contributed by atoms with Gasteiger partial charge in [0.1, 0.15) is 0 Å². The number of nitrogens with zero attached hydrogens (tertiary/aromatic N) is 1. The van der Waals surface area contributed by atoms with Crippen LogP contribution in [0.4, 0.5) is 5.69 Å². The van der Waals surface area contributed by atoms with Crippen LogP contribution in [0.2, 0.25) is 0 Å². The Labute approximate surface area is 129 Å². The molecule has 0 fully saturated rings. The van der Waals surface area contributed by atoms with Gasteiger partial charge in [-0.15, -0.1) is 0 Å². The van der Waals surface area contributed by atoms with Crippen LogP contribution < -0.4 is 11.1 Å². The van der Waals surface area contributed by atoms with E-state index in [1.54, 1.807) is 11.3 Å². The Hall–Kier alpha value is -1.81. The summed E-state index contributed by atoms with van der Waals surface area (Å²) in [6.07, 6.45) is 3.65. The third-order valence-corrected chi connectivity index (χ3v) is 4.72. The standard InChI is InChI=1S/C17H21N3S/c1-12(15-7-8-21-11-15)10-19-17(18)20-16-6-5-13-3-2-4-14(13)9-16/h5-9,11-12H,2-4,10H2,1H3,(H3,18,19,20). The molecule has 1 aliphatic rings. The van der Waals surface area contributed by atoms with E-state index in [0.29, 0.717) is 18.4 Å². The summed E-state index contributed by atoms with van der Waals surface area (Å²) in [6.45, 7) is 2.88. The molecule has 1 unspecified atom stereocenters. The van der Waals surface area contributed by atoms with Gasteiger partial charge in [-0.1, -0.05) is 13.0 Å². The summed E-state index contributed by atoms with van der Waals surface area (Å²) in [6, 6.07) is 8.64. The van der Waals surface area contributed by atoms with Gasteiger partial charge < -0.3 is 11.1 Å². The van der Waals surface area contributed by atoms with Crippen LogP contribution in [0.5, 0.6) is 0 Å². The number of nitrogens with two attached hydrogens (primary N) is 1. The van der Waals surface area contributed by atoms with Crippen LogP contribution in [-0.2, 0) is 12.8 Å². The van der Waals surface area contributed by atoms with Gasteiger partial charge in [-0.05, 0) is 64.9 Å². The fraction of sp³-hybridized carbons (Fsp3) is 0.353. The van der Waals surface area contributed by atoms with Crippen molar-refractivity contribution in [2.75, 3.05) is 11.9 Å². The number of thiophene rings is 1. The highest BCUT2D eigenvalue weighted by molar-refractivity contribution is 7.07. The molecule has 1 atom stereocenters. The Kier molecular flexibility index (Phi) is 4.25. The van der Waals surface area contributed by atoms with Crippen molar-refractivity contribution >= 4 is 23.0 Å². The summed E-state index contributed by atoms with van der Waals surface area (Å²) in [5.41, 5.74) is 11.3. The first-order chi connectivity index (χ1) is 10.2. The maximum atomic E-state index is 5.99. The first-order valence-electron chi connectivity index (χ1n) is 7.43. The summed E-state index contributed by atoms with van der Waals surface area (Å²) < 4.78 is 0. The number of hydrogen-bond donors (Lipinski definition) is 2. The lowest BCUT2D eigenvalue weighted by Gasteiger charge is -2.10. The summed E-state index contributed by atoms with van der Waals surface area (Å²) >= 11 is 1.72. The molecule has 0 aliphatic heterocycles. The Morgan fingerprint density at radius 1 is 1.33 bits per heavy atom. The third kappa shape index (κ3) is 3.45. The molecule has 1 aromatic carbocycles. The Balaban J connectivity index is 1.60. The smallest absolute Gasteiger partial charge is 0.193 e. The monoisotopic (exact) mass is 299 g/mol. The summed E-state index contributed by atoms with van der Waals surface area (Å²) in [7, 11) is 0. The lowest BCUT2D eigenvalue weighted by molar-refractivity contribution is 0.778. The Bertz CT molecular complexity index is 631. The molecule has 0 saturated heterocycles. The van der Waals surface area contributed by atoms with Crippen LogP contribution in [0.25, 0.3) is 0 Å². The summed E-state index contributed by atoms with van der Waals surface area (Å²) in [5.74, 6) is 0.895. The van der Waals surface area contributed by atoms with E-state index < -0.39 is 0 Å². The Morgan fingerprint density at radius 2 is 2.19 bits per heavy atom. The van der Waals surface area contributed by atoms with Gasteiger partial charge in [-0.3, -0.25) is 4.99 Å². The van der Waals surface area contributed by atoms with Gasteiger partial charge in [0.05, 0.1) is 0 Å². The van der Waals surface area contributed by atoms with Crippen LogP contribution in [0.15, 0.2) is 40.0 Å². The van der Waals surface area contributed by atoms with Crippen molar-refractivity contribution in [1.29, 1.82) is 0 Å². The molecule has 0 bridgehead atoms. The number of fused-ring (bicyclic) bond motifs is 1. The minimum absolute atomic E-state index is 0.400. The second kappa shape index (κ2) is 6.31. The molecule has 0 radical (unpaired) electrons. The fourth-order valence-electron chi connectivity index (χ4n) is 2.73. The van der Waals surface area contributed by atoms with Crippen molar-refractivity contribution in [1.82, 2.24) is 0 Å². The highest BCUT2D eigenvalue weighted by Crippen LogP contribution is 2.24. The van der Waals surface area contributed by atoms with Gasteiger partial charge in [0.25, 0.3) is 0 Å². The van der Waals surface area contributed by atoms with Crippen LogP contribution in [0.3, 0.4) is 0 Å². The van der Waals surface area contributed by atoms with E-state index in [4.69, 9.17) is 5.73 Å². The van der Waals surface area contributed by atoms with E-state index in [9.17, 15) is 0 Å². The number of anilines is 1. The predicted molar refractivity (Wildman–Crippen MR) is 91.3 cm³/mol. The fourth-order valence-corrected chi connectivity index (χ4v) is 3.52. The van der Waals surface area contributed by atoms with Gasteiger partial charge in [-0.2, -0.15) is 11.3 Å². The lowest BCUT2D eigenvalue weighted by atomic mass is 10.1. The van der Waals surface area contributed by atoms with Gasteiger partial charge in [0, 0.05) is 18.2 Å². The maximum Gasteiger partial charge on any atom is 0.193 e. The van der Waals surface area contributed by atoms with Crippen molar-refractivity contribution < 1.29 is 0 Å². The van der Waals surface area contributed by atoms with Crippen molar-refractivity contribution in [3.05, 3.63) is 51.7 Å². The minimum Gasteiger partial charge on any atom is -0.370 e. The molecule has 0 saturated carbocycles. The molecule has 2 aromatic rings. The SMILES string of the molecule is CC(CN=C(N)Nc1ccc2c(c1)CCC2)c1ccsc1. The van der Waals surface area contributed by atoms with Crippen molar-refractivity contribution in [3.63, 3.8) is 0 Å². The van der Waals surface area contributed by atoms with Crippen LogP contribution in [0, 0.1) is 0 Å². The third-order valence-electron chi connectivity index (χ3n) is 4.02. The molecule has 3 nitrogen and oxygen atoms in total. The number of hydrogen-bond acceptors (Lipinski definition) is 2. The first-order valence-corrected chi connectivity index (χ1v) is 8.37. The van der Waals surface area contributed by atoms with Gasteiger partial charge in [0.2, 0.25) is 0 Å². The molecule has 0 amide bonds. The normalized spacial score (nSPS) is 15.8. The topological polar surface area (TPSA) is 50.4 Å². The Morgan fingerprint density at radius 3 is 3.00 bits per heavy atom. The molecule has 4 heteroatoms. The minimum atomic E-state index is 0.400. The predicted octanol–water partition coefficient (Wildman–Crippen LogP) is 3.77. The number of aryl methyl sites for hydroxylation is 2. The molecule has 1 heterocycles. The van der Waals surface area contributed by atoms with E-state index in [-0.39, 0.29) is 0 Å². The van der Waals surface area contributed by atoms with Gasteiger partial charge in [-0.25, -0.2) is 0 Å². The number of benzene rings is 1. The highest BCUT2D eigenvalue weighted by Gasteiger charge is 2.11. The van der Waals surface area contributed by atoms with E-state index >= 15 is 0 Å². The van der Waals surface area contributed by atoms with Crippen molar-refractivity contribution in [2.45, 2.75) is 32.1 Å². The zero-order chi connectivity index (χ0) is 14.7. The first kappa shape index (κ1) is 14.1. The van der Waals surface area contributed by atoms with Crippen molar-refractivity contribution in [2.24, 2.45) is 10.7 Å². The van der Waals surface area contributed by atoms with E-state index in [1.807, 2.05) is 0 Å². The number of aliphatic imine (C=N–C) groups is 1. The summed E-state index contributed by atoms with van der Waals surface area (Å²) in [5, 5.41) is 7.47. The van der Waals surface area contributed by atoms with E-state index in [2.05, 4.69) is 52.3 Å². The molecule has 21 heavy (non-hydrogen) atoms. The molecular weight excluding hydrogens is 278 g/mol. The van der Waals surface area contributed by atoms with Crippen LogP contribution in [0.1, 0.15) is 36.0 Å². The second-order valence-corrected chi connectivity index (χ2v) is 6.43. The molecule has 0 spiro atoms. The zero-order valence-electron chi connectivity index (χ0n) is 12.3. The summed E-state index contributed by atoms with van der Waals surface area (Å²) in [4.78, 5) is 4.46. The average molecular weight is 299 g/mol. The zero-order valence-corrected chi connectivity index (χ0v) is 13.1. The molecule has 1 aromatic heterocycles.